The Bertz CT molecular complexity index is 1350. The Morgan fingerprint density at radius 3 is 2.12 bits per heavy atom. The van der Waals surface area contributed by atoms with Crippen molar-refractivity contribution in [2.24, 2.45) is 0 Å². The van der Waals surface area contributed by atoms with Gasteiger partial charge in [0.05, 0.1) is 29.9 Å². The molecule has 2 aromatic carbocycles. The quantitative estimate of drug-likeness (QED) is 0.210. The van der Waals surface area contributed by atoms with E-state index in [1.807, 2.05) is 13.8 Å². The molecule has 0 aliphatic carbocycles. The molecule has 0 saturated heterocycles. The minimum absolute atomic E-state index is 0. The second-order valence-corrected chi connectivity index (χ2v) is 10.3. The average molecular weight is 604 g/mol. The van der Waals surface area contributed by atoms with Gasteiger partial charge in [-0.05, 0) is 67.1 Å². The van der Waals surface area contributed by atoms with E-state index in [0.717, 1.165) is 12.1 Å². The fourth-order valence-electron chi connectivity index (χ4n) is 4.61. The Morgan fingerprint density at radius 1 is 1.00 bits per heavy atom. The van der Waals surface area contributed by atoms with Crippen molar-refractivity contribution in [3.63, 3.8) is 0 Å². The summed E-state index contributed by atoms with van der Waals surface area (Å²) in [5.41, 5.74) is 1.42. The zero-order valence-electron chi connectivity index (χ0n) is 22.9. The molecular weight excluding hydrogens is 569 g/mol. The monoisotopic (exact) mass is 603 g/mol. The molecule has 0 saturated carbocycles. The Kier molecular flexibility index (Phi) is 12.7. The fraction of sp³-hybridized carbons (Fsp3) is 0.414. The number of carboxylic acid groups (broad SMARTS) is 1. The van der Waals surface area contributed by atoms with Gasteiger partial charge in [-0.25, -0.2) is 9.07 Å². The van der Waals surface area contributed by atoms with Gasteiger partial charge in [-0.2, -0.15) is 18.3 Å². The van der Waals surface area contributed by atoms with Crippen LogP contribution in [0.3, 0.4) is 0 Å². The summed E-state index contributed by atoms with van der Waals surface area (Å²) in [7, 11) is 1.51. The van der Waals surface area contributed by atoms with Gasteiger partial charge in [0, 0.05) is 24.8 Å². The number of alkyl halides is 3. The molecule has 0 unspecified atom stereocenters. The number of benzene rings is 2. The van der Waals surface area contributed by atoms with E-state index in [9.17, 15) is 37.4 Å². The van der Waals surface area contributed by atoms with E-state index >= 15 is 0 Å². The maximum absolute atomic E-state index is 13.7. The van der Waals surface area contributed by atoms with Crippen LogP contribution in [0, 0.1) is 5.82 Å². The number of amides is 1. The number of carbonyl (C=O) groups is 2. The summed E-state index contributed by atoms with van der Waals surface area (Å²) >= 11 is 0. The third-order valence-electron chi connectivity index (χ3n) is 6.59. The number of aliphatic carboxylic acids is 1. The number of carbonyl (C=O) groups excluding carboxylic acids is 1. The van der Waals surface area contributed by atoms with E-state index in [0.29, 0.717) is 22.5 Å². The molecule has 2 atom stereocenters. The van der Waals surface area contributed by atoms with Crippen molar-refractivity contribution in [2.75, 3.05) is 7.05 Å². The van der Waals surface area contributed by atoms with Gasteiger partial charge in [0.2, 0.25) is 0 Å². The number of aliphatic hydroxyl groups excluding tert-OH is 2. The summed E-state index contributed by atoms with van der Waals surface area (Å²) in [6, 6.07) is 9.97. The van der Waals surface area contributed by atoms with Gasteiger partial charge in [0.15, 0.2) is 5.69 Å². The molecule has 1 aromatic heterocycles. The summed E-state index contributed by atoms with van der Waals surface area (Å²) in [5.74, 6) is -2.35. The molecule has 13 heteroatoms. The van der Waals surface area contributed by atoms with Gasteiger partial charge in [-0.1, -0.05) is 26.0 Å². The van der Waals surface area contributed by atoms with Crippen LogP contribution in [0.25, 0.3) is 5.69 Å². The number of halogens is 4. The van der Waals surface area contributed by atoms with Crippen molar-refractivity contribution in [3.8, 4) is 5.69 Å². The van der Waals surface area contributed by atoms with E-state index in [1.54, 1.807) is 0 Å². The number of rotatable bonds is 12. The van der Waals surface area contributed by atoms with Crippen molar-refractivity contribution < 1.29 is 42.5 Å². The van der Waals surface area contributed by atoms with Crippen LogP contribution in [0.4, 0.5) is 17.6 Å². The summed E-state index contributed by atoms with van der Waals surface area (Å²) in [4.78, 5) is 25.8. The number of nitrogens with zero attached hydrogens (tertiary/aromatic N) is 3. The Balaban J connectivity index is 0.00000616. The summed E-state index contributed by atoms with van der Waals surface area (Å²) in [5, 5.41) is 33.8. The van der Waals surface area contributed by atoms with Crippen molar-refractivity contribution in [3.05, 3.63) is 82.4 Å². The van der Waals surface area contributed by atoms with Crippen LogP contribution < -0.4 is 0 Å². The second-order valence-electron chi connectivity index (χ2n) is 10.3. The molecule has 0 fully saturated rings. The van der Waals surface area contributed by atoms with E-state index in [2.05, 4.69) is 5.10 Å². The van der Waals surface area contributed by atoms with Crippen LogP contribution in [0.15, 0.2) is 48.5 Å². The van der Waals surface area contributed by atoms with Gasteiger partial charge in [0.25, 0.3) is 5.91 Å². The Labute approximate surface area is 263 Å². The molecule has 0 spiro atoms. The van der Waals surface area contributed by atoms with Gasteiger partial charge in [0.1, 0.15) is 5.82 Å². The van der Waals surface area contributed by atoms with Crippen LogP contribution in [-0.4, -0.2) is 90.7 Å². The molecule has 224 valence electrons. The Hall–Kier alpha value is -2.77. The van der Waals surface area contributed by atoms with Gasteiger partial charge in [-0.15, -0.1) is 0 Å². The third-order valence-corrected chi connectivity index (χ3v) is 6.59. The normalized spacial score (nSPS) is 13.0. The first-order valence-corrected chi connectivity index (χ1v) is 13.0. The number of aromatic nitrogens is 2. The molecule has 1 amide bonds. The first kappa shape index (κ1) is 35.4. The fourth-order valence-corrected chi connectivity index (χ4v) is 4.61. The van der Waals surface area contributed by atoms with Crippen LogP contribution in [0.5, 0.6) is 0 Å². The van der Waals surface area contributed by atoms with Crippen molar-refractivity contribution in [1.82, 2.24) is 14.7 Å². The van der Waals surface area contributed by atoms with Crippen molar-refractivity contribution in [1.29, 1.82) is 0 Å². The second kappa shape index (κ2) is 15.1. The Morgan fingerprint density at radius 2 is 1.60 bits per heavy atom. The molecule has 0 radical (unpaired) electrons. The number of carboxylic acids is 1. The molecule has 3 aromatic rings. The molecule has 0 bridgehead atoms. The summed E-state index contributed by atoms with van der Waals surface area (Å²) < 4.78 is 53.9. The van der Waals surface area contributed by atoms with E-state index < -0.39 is 48.1 Å². The average Bonchev–Trinajstić information content (AvgIpc) is 3.26. The molecule has 0 aliphatic rings. The summed E-state index contributed by atoms with van der Waals surface area (Å²) in [6.07, 6.45) is -7.08. The van der Waals surface area contributed by atoms with E-state index in [4.69, 9.17) is 5.11 Å². The molecule has 8 nitrogen and oxygen atoms in total. The van der Waals surface area contributed by atoms with E-state index in [-0.39, 0.29) is 67.0 Å². The van der Waals surface area contributed by atoms with Crippen LogP contribution in [0.2, 0.25) is 0 Å². The number of hydrogen-bond acceptors (Lipinski definition) is 5. The van der Waals surface area contributed by atoms with Crippen LogP contribution in [-0.2, 0) is 23.9 Å². The predicted molar refractivity (Wildman–Crippen MR) is 149 cm³/mol. The molecule has 42 heavy (non-hydrogen) atoms. The first-order chi connectivity index (χ1) is 19.2. The van der Waals surface area contributed by atoms with Gasteiger partial charge in [-0.3, -0.25) is 9.59 Å². The predicted octanol–water partition coefficient (Wildman–Crippen LogP) is 4.30. The topological polar surface area (TPSA) is 116 Å². The molecule has 1 heterocycles. The SMILES string of the molecule is CC(C)c1c(C(=O)N(C)Cc2ccc(C(F)(F)F)cc2)nn(-c2ccc(F)cc2)c1CC[C@@H](O)C[C@@H](O)CC(=O)O.[NaH]. The standard InChI is InChI=1S/C29H33F4N3O5.Na.H/c1-17(2)26-24(13-12-22(37)14-23(38)15-25(39)40)36(21-10-8-20(30)9-11-21)34-27(26)28(41)35(3)16-18-4-6-19(7-5-18)29(31,32)33;;/h4-11,17,22-23,37-38H,12-16H2,1-3H3,(H,39,40);;/t22-,23-;;/m1../s1. The van der Waals surface area contributed by atoms with Crippen LogP contribution in [0.1, 0.15) is 71.9 Å². The van der Waals surface area contributed by atoms with Crippen molar-refractivity contribution >= 4 is 41.4 Å². The van der Waals surface area contributed by atoms with Crippen LogP contribution >= 0.6 is 0 Å². The molecule has 3 rings (SSSR count). The number of hydrogen-bond donors (Lipinski definition) is 3. The van der Waals surface area contributed by atoms with Gasteiger partial charge < -0.3 is 20.2 Å². The number of aliphatic hydroxyl groups is 2. The minimum atomic E-state index is -4.47. The molecular formula is C29H34F4N3NaO5. The van der Waals surface area contributed by atoms with Crippen molar-refractivity contribution in [2.45, 2.75) is 70.4 Å². The first-order valence-electron chi connectivity index (χ1n) is 13.0. The molecule has 0 aliphatic heterocycles. The van der Waals surface area contributed by atoms with E-state index in [1.165, 1.54) is 53.0 Å². The maximum atomic E-state index is 13.7. The third kappa shape index (κ3) is 9.37. The summed E-state index contributed by atoms with van der Waals surface area (Å²) in [6.45, 7) is 3.73. The molecule has 3 N–H and O–H groups in total. The zero-order chi connectivity index (χ0) is 30.5. The van der Waals surface area contributed by atoms with Gasteiger partial charge >= 0.3 is 41.7 Å². The zero-order valence-corrected chi connectivity index (χ0v) is 22.9.